The van der Waals surface area contributed by atoms with Crippen molar-refractivity contribution < 1.29 is 5.11 Å². The number of rotatable bonds is 4. The zero-order chi connectivity index (χ0) is 10.4. The first-order valence-electron chi connectivity index (χ1n) is 4.42. The van der Waals surface area contributed by atoms with E-state index in [1.54, 1.807) is 6.08 Å². The quantitative estimate of drug-likeness (QED) is 0.596. The van der Waals surface area contributed by atoms with E-state index in [-0.39, 0.29) is 0 Å². The normalized spacial score (nSPS) is 15.3. The van der Waals surface area contributed by atoms with Crippen LogP contribution in [0.4, 0.5) is 0 Å². The molecule has 0 aliphatic rings. The molecule has 1 N–H and O–H groups in total. The van der Waals surface area contributed by atoms with Gasteiger partial charge in [-0.1, -0.05) is 48.6 Å². The molecular formula is C12H13ClO. The van der Waals surface area contributed by atoms with Crippen LogP contribution in [0.1, 0.15) is 5.56 Å². The Labute approximate surface area is 89.3 Å². The highest BCUT2D eigenvalue weighted by molar-refractivity contribution is 6.22. The predicted octanol–water partition coefficient (Wildman–Crippen LogP) is 2.85. The molecule has 1 rings (SSSR count). The smallest absolute Gasteiger partial charge is 0.0922 e. The van der Waals surface area contributed by atoms with E-state index in [1.165, 1.54) is 6.08 Å². The maximum Gasteiger partial charge on any atom is 0.0922 e. The van der Waals surface area contributed by atoms with Gasteiger partial charge in [0.1, 0.15) is 0 Å². The van der Waals surface area contributed by atoms with E-state index < -0.39 is 11.5 Å². The summed E-state index contributed by atoms with van der Waals surface area (Å²) in [5.74, 6) is 0. The molecule has 2 atom stereocenters. The van der Waals surface area contributed by atoms with Gasteiger partial charge in [0.25, 0.3) is 0 Å². The minimum absolute atomic E-state index is 0.435. The molecule has 0 bridgehead atoms. The van der Waals surface area contributed by atoms with E-state index in [0.29, 0.717) is 0 Å². The summed E-state index contributed by atoms with van der Waals surface area (Å²) in [5, 5.41) is 9.05. The van der Waals surface area contributed by atoms with Crippen LogP contribution in [0.25, 0.3) is 6.08 Å². The van der Waals surface area contributed by atoms with E-state index in [1.807, 2.05) is 36.4 Å². The van der Waals surface area contributed by atoms with Crippen LogP contribution in [-0.4, -0.2) is 16.6 Å². The Balaban J connectivity index is 2.60. The lowest BCUT2D eigenvalue weighted by molar-refractivity contribution is 0.231. The third-order valence-corrected chi connectivity index (χ3v) is 2.27. The Kier molecular flexibility index (Phi) is 4.44. The lowest BCUT2D eigenvalue weighted by atomic mass is 10.1. The number of aliphatic hydroxyl groups excluding tert-OH is 1. The summed E-state index contributed by atoms with van der Waals surface area (Å²) in [4.78, 5) is 0. The average molecular weight is 209 g/mol. The van der Waals surface area contributed by atoms with Crippen LogP contribution in [0.15, 0.2) is 49.1 Å². The second-order valence-electron chi connectivity index (χ2n) is 2.94. The van der Waals surface area contributed by atoms with E-state index >= 15 is 0 Å². The fourth-order valence-corrected chi connectivity index (χ4v) is 1.10. The first kappa shape index (κ1) is 11.0. The molecule has 0 aliphatic carbocycles. The van der Waals surface area contributed by atoms with Gasteiger partial charge in [0.05, 0.1) is 11.5 Å². The molecule has 0 radical (unpaired) electrons. The monoisotopic (exact) mass is 208 g/mol. The maximum absolute atomic E-state index is 9.49. The lowest BCUT2D eigenvalue weighted by Crippen LogP contribution is -2.14. The fourth-order valence-electron chi connectivity index (χ4n) is 1.02. The zero-order valence-electron chi connectivity index (χ0n) is 7.81. The largest absolute Gasteiger partial charge is 0.387 e. The third kappa shape index (κ3) is 3.36. The van der Waals surface area contributed by atoms with Crippen molar-refractivity contribution in [2.24, 2.45) is 0 Å². The molecule has 1 aromatic rings. The molecule has 1 aromatic carbocycles. The number of alkyl halides is 1. The minimum atomic E-state index is -0.686. The van der Waals surface area contributed by atoms with Gasteiger partial charge in [0.2, 0.25) is 0 Å². The maximum atomic E-state index is 9.49. The van der Waals surface area contributed by atoms with Crippen molar-refractivity contribution in [3.05, 3.63) is 54.6 Å². The van der Waals surface area contributed by atoms with Gasteiger partial charge >= 0.3 is 0 Å². The zero-order valence-corrected chi connectivity index (χ0v) is 8.56. The van der Waals surface area contributed by atoms with Gasteiger partial charge in [-0.05, 0) is 5.56 Å². The highest BCUT2D eigenvalue weighted by Gasteiger charge is 2.07. The molecule has 0 saturated heterocycles. The van der Waals surface area contributed by atoms with E-state index in [9.17, 15) is 5.11 Å². The number of halogens is 1. The molecule has 0 spiro atoms. The van der Waals surface area contributed by atoms with Crippen molar-refractivity contribution in [2.75, 3.05) is 0 Å². The summed E-state index contributed by atoms with van der Waals surface area (Å²) in [6, 6.07) is 9.75. The van der Waals surface area contributed by atoms with Crippen LogP contribution in [-0.2, 0) is 0 Å². The van der Waals surface area contributed by atoms with E-state index in [2.05, 4.69) is 6.58 Å². The van der Waals surface area contributed by atoms with Crippen LogP contribution in [0.2, 0.25) is 0 Å². The molecule has 0 aromatic heterocycles. The SMILES string of the molecule is C=C[C@@H](Cl)[C@@H](O)/C=C/c1ccccc1. The van der Waals surface area contributed by atoms with E-state index in [0.717, 1.165) is 5.56 Å². The van der Waals surface area contributed by atoms with Crippen LogP contribution >= 0.6 is 11.6 Å². The molecule has 2 heteroatoms. The molecule has 74 valence electrons. The third-order valence-electron chi connectivity index (χ3n) is 1.84. The average Bonchev–Trinajstić information content (AvgIpc) is 2.26. The number of hydrogen-bond acceptors (Lipinski definition) is 1. The van der Waals surface area contributed by atoms with Crippen molar-refractivity contribution in [3.8, 4) is 0 Å². The van der Waals surface area contributed by atoms with Crippen molar-refractivity contribution in [3.63, 3.8) is 0 Å². The first-order chi connectivity index (χ1) is 6.74. The summed E-state index contributed by atoms with van der Waals surface area (Å²) in [6.07, 6.45) is 4.33. The molecule has 14 heavy (non-hydrogen) atoms. The summed E-state index contributed by atoms with van der Waals surface area (Å²) in [7, 11) is 0. The highest BCUT2D eigenvalue weighted by Crippen LogP contribution is 2.08. The molecule has 0 aliphatic heterocycles. The van der Waals surface area contributed by atoms with Crippen molar-refractivity contribution in [1.29, 1.82) is 0 Å². The second kappa shape index (κ2) is 5.63. The molecule has 0 saturated carbocycles. The summed E-state index contributed by atoms with van der Waals surface area (Å²) < 4.78 is 0. The van der Waals surface area contributed by atoms with Gasteiger partial charge in [0, 0.05) is 0 Å². The van der Waals surface area contributed by atoms with Crippen LogP contribution < -0.4 is 0 Å². The van der Waals surface area contributed by atoms with Gasteiger partial charge < -0.3 is 5.11 Å². The summed E-state index contributed by atoms with van der Waals surface area (Å²) >= 11 is 5.76. The lowest BCUT2D eigenvalue weighted by Gasteiger charge is -2.07. The van der Waals surface area contributed by atoms with Crippen LogP contribution in [0.5, 0.6) is 0 Å². The molecule has 0 unspecified atom stereocenters. The highest BCUT2D eigenvalue weighted by atomic mass is 35.5. The molecular weight excluding hydrogens is 196 g/mol. The van der Waals surface area contributed by atoms with E-state index in [4.69, 9.17) is 11.6 Å². The number of benzene rings is 1. The first-order valence-corrected chi connectivity index (χ1v) is 4.85. The predicted molar refractivity (Wildman–Crippen MR) is 61.3 cm³/mol. The number of aliphatic hydroxyl groups is 1. The van der Waals surface area contributed by atoms with Crippen LogP contribution in [0, 0.1) is 0 Å². The van der Waals surface area contributed by atoms with Crippen molar-refractivity contribution in [2.45, 2.75) is 11.5 Å². The van der Waals surface area contributed by atoms with Gasteiger partial charge in [-0.25, -0.2) is 0 Å². The van der Waals surface area contributed by atoms with Crippen molar-refractivity contribution >= 4 is 17.7 Å². The molecule has 0 amide bonds. The van der Waals surface area contributed by atoms with Gasteiger partial charge in [-0.3, -0.25) is 0 Å². The van der Waals surface area contributed by atoms with Gasteiger partial charge in [-0.15, -0.1) is 18.2 Å². The second-order valence-corrected chi connectivity index (χ2v) is 3.44. The fraction of sp³-hybridized carbons (Fsp3) is 0.167. The Morgan fingerprint density at radius 3 is 2.50 bits per heavy atom. The Morgan fingerprint density at radius 1 is 1.29 bits per heavy atom. The number of hydrogen-bond donors (Lipinski definition) is 1. The molecule has 0 fully saturated rings. The van der Waals surface area contributed by atoms with Crippen molar-refractivity contribution in [1.82, 2.24) is 0 Å². The Bertz CT molecular complexity index is 305. The molecule has 0 heterocycles. The minimum Gasteiger partial charge on any atom is -0.387 e. The van der Waals surface area contributed by atoms with Gasteiger partial charge in [0.15, 0.2) is 0 Å². The topological polar surface area (TPSA) is 20.2 Å². The summed E-state index contributed by atoms with van der Waals surface area (Å²) in [6.45, 7) is 3.51. The van der Waals surface area contributed by atoms with Gasteiger partial charge in [-0.2, -0.15) is 0 Å². The standard InChI is InChI=1S/C12H13ClO/c1-2-11(13)12(14)9-8-10-6-4-3-5-7-10/h2-9,11-12,14H,1H2/b9-8+/t11-,12+/m1/s1. The summed E-state index contributed by atoms with van der Waals surface area (Å²) in [5.41, 5.74) is 1.04. The van der Waals surface area contributed by atoms with Crippen LogP contribution in [0.3, 0.4) is 0 Å². The molecule has 1 nitrogen and oxygen atoms in total. The Hall–Kier alpha value is -1.05. The Morgan fingerprint density at radius 2 is 1.93 bits per heavy atom.